The summed E-state index contributed by atoms with van der Waals surface area (Å²) in [6, 6.07) is 17.3. The van der Waals surface area contributed by atoms with E-state index in [1.54, 1.807) is 7.11 Å². The summed E-state index contributed by atoms with van der Waals surface area (Å²) in [6.07, 6.45) is 1.46. The maximum Gasteiger partial charge on any atom is 0.159 e. The van der Waals surface area contributed by atoms with E-state index < -0.39 is 0 Å². The predicted molar refractivity (Wildman–Crippen MR) is 92.4 cm³/mol. The maximum atomic E-state index is 6.17. The molecule has 1 aromatic heterocycles. The smallest absolute Gasteiger partial charge is 0.159 e. The van der Waals surface area contributed by atoms with Crippen LogP contribution in [0.25, 0.3) is 0 Å². The molecule has 23 heavy (non-hydrogen) atoms. The predicted octanol–water partition coefficient (Wildman–Crippen LogP) is 3.55. The van der Waals surface area contributed by atoms with Gasteiger partial charge in [-0.3, -0.25) is 0 Å². The van der Waals surface area contributed by atoms with Crippen molar-refractivity contribution in [3.05, 3.63) is 60.9 Å². The molecule has 0 aliphatic carbocycles. The molecule has 0 saturated heterocycles. The monoisotopic (exact) mass is 307 g/mol. The van der Waals surface area contributed by atoms with Gasteiger partial charge in [-0.05, 0) is 24.3 Å². The number of hydrogen-bond donors (Lipinski definition) is 3. The Kier molecular flexibility index (Phi) is 4.24. The molecule has 4 N–H and O–H groups in total. The summed E-state index contributed by atoms with van der Waals surface area (Å²) in [4.78, 5) is 8.40. The van der Waals surface area contributed by atoms with Gasteiger partial charge < -0.3 is 21.1 Å². The fourth-order valence-electron chi connectivity index (χ4n) is 2.09. The lowest BCUT2D eigenvalue weighted by atomic mass is 10.3. The van der Waals surface area contributed by atoms with Crippen molar-refractivity contribution in [1.29, 1.82) is 0 Å². The Labute approximate surface area is 134 Å². The van der Waals surface area contributed by atoms with Crippen LogP contribution in [-0.2, 0) is 0 Å². The molecule has 0 atom stereocenters. The zero-order chi connectivity index (χ0) is 16.1. The number of benzene rings is 2. The van der Waals surface area contributed by atoms with Crippen LogP contribution in [0.2, 0.25) is 0 Å². The van der Waals surface area contributed by atoms with Crippen LogP contribution >= 0.6 is 0 Å². The van der Waals surface area contributed by atoms with E-state index in [9.17, 15) is 0 Å². The summed E-state index contributed by atoms with van der Waals surface area (Å²) in [5.41, 5.74) is 8.35. The molecule has 6 nitrogen and oxygen atoms in total. The molecule has 0 fully saturated rings. The highest BCUT2D eigenvalue weighted by atomic mass is 16.5. The standard InChI is InChI=1S/C17H17N5O/c1-23-14-9-5-8-13(10-14)22-17-15(18)16(19-11-20-17)21-12-6-3-2-4-7-12/h2-11H,18H2,1H3,(H2,19,20,21,22). The summed E-state index contributed by atoms with van der Waals surface area (Å²) in [6.45, 7) is 0. The van der Waals surface area contributed by atoms with Crippen molar-refractivity contribution in [3.8, 4) is 5.75 Å². The number of para-hydroxylation sites is 1. The van der Waals surface area contributed by atoms with Gasteiger partial charge in [-0.1, -0.05) is 24.3 Å². The zero-order valence-corrected chi connectivity index (χ0v) is 12.7. The summed E-state index contributed by atoms with van der Waals surface area (Å²) >= 11 is 0. The van der Waals surface area contributed by atoms with Gasteiger partial charge in [-0.15, -0.1) is 0 Å². The van der Waals surface area contributed by atoms with Crippen LogP contribution in [0.1, 0.15) is 0 Å². The molecule has 6 heteroatoms. The number of nitrogens with two attached hydrogens (primary N) is 1. The quantitative estimate of drug-likeness (QED) is 0.668. The third-order valence-corrected chi connectivity index (χ3v) is 3.25. The molecule has 116 valence electrons. The highest BCUT2D eigenvalue weighted by Crippen LogP contribution is 2.28. The van der Waals surface area contributed by atoms with Crippen molar-refractivity contribution in [1.82, 2.24) is 9.97 Å². The van der Waals surface area contributed by atoms with Crippen LogP contribution in [0, 0.1) is 0 Å². The van der Waals surface area contributed by atoms with Gasteiger partial charge in [0.15, 0.2) is 11.6 Å². The molecular formula is C17H17N5O. The average molecular weight is 307 g/mol. The lowest BCUT2D eigenvalue weighted by Gasteiger charge is -2.13. The van der Waals surface area contributed by atoms with Crippen LogP contribution in [0.3, 0.4) is 0 Å². The zero-order valence-electron chi connectivity index (χ0n) is 12.7. The number of aromatic nitrogens is 2. The molecule has 0 unspecified atom stereocenters. The molecule has 0 aliphatic heterocycles. The molecule has 3 aromatic rings. The molecule has 3 rings (SSSR count). The number of ether oxygens (including phenoxy) is 1. The summed E-state index contributed by atoms with van der Waals surface area (Å²) in [7, 11) is 1.63. The summed E-state index contributed by atoms with van der Waals surface area (Å²) in [5.74, 6) is 1.84. The Balaban J connectivity index is 1.84. The fraction of sp³-hybridized carbons (Fsp3) is 0.0588. The van der Waals surface area contributed by atoms with E-state index in [2.05, 4.69) is 20.6 Å². The normalized spacial score (nSPS) is 10.1. The lowest BCUT2D eigenvalue weighted by Crippen LogP contribution is -2.05. The topological polar surface area (TPSA) is 85.1 Å². The minimum atomic E-state index is 0.444. The minimum absolute atomic E-state index is 0.444. The van der Waals surface area contributed by atoms with Crippen molar-refractivity contribution in [2.24, 2.45) is 0 Å². The third-order valence-electron chi connectivity index (χ3n) is 3.25. The summed E-state index contributed by atoms with van der Waals surface area (Å²) in [5, 5.41) is 6.36. The molecular weight excluding hydrogens is 290 g/mol. The number of nitrogens with zero attached hydrogens (tertiary/aromatic N) is 2. The van der Waals surface area contributed by atoms with E-state index in [4.69, 9.17) is 10.5 Å². The Morgan fingerprint density at radius 1 is 0.870 bits per heavy atom. The Bertz CT molecular complexity index is 792. The maximum absolute atomic E-state index is 6.17. The SMILES string of the molecule is COc1cccc(Nc2ncnc(Nc3ccccc3)c2N)c1. The van der Waals surface area contributed by atoms with Crippen LogP contribution < -0.4 is 21.1 Å². The first kappa shape index (κ1) is 14.6. The second-order valence-electron chi connectivity index (χ2n) is 4.83. The van der Waals surface area contributed by atoms with Crippen LogP contribution in [-0.4, -0.2) is 17.1 Å². The van der Waals surface area contributed by atoms with E-state index >= 15 is 0 Å². The lowest BCUT2D eigenvalue weighted by molar-refractivity contribution is 0.415. The van der Waals surface area contributed by atoms with Crippen molar-refractivity contribution in [2.75, 3.05) is 23.5 Å². The molecule has 0 amide bonds. The first-order valence-corrected chi connectivity index (χ1v) is 7.10. The van der Waals surface area contributed by atoms with Gasteiger partial charge in [0.05, 0.1) is 7.11 Å². The van der Waals surface area contributed by atoms with E-state index in [1.807, 2.05) is 54.6 Å². The highest BCUT2D eigenvalue weighted by molar-refractivity contribution is 5.80. The van der Waals surface area contributed by atoms with Crippen molar-refractivity contribution in [3.63, 3.8) is 0 Å². The van der Waals surface area contributed by atoms with E-state index in [0.717, 1.165) is 17.1 Å². The van der Waals surface area contributed by atoms with Crippen molar-refractivity contribution >= 4 is 28.7 Å². The number of anilines is 5. The number of nitrogen functional groups attached to an aromatic ring is 1. The first-order valence-electron chi connectivity index (χ1n) is 7.10. The van der Waals surface area contributed by atoms with E-state index in [0.29, 0.717) is 17.3 Å². The van der Waals surface area contributed by atoms with Crippen molar-refractivity contribution in [2.45, 2.75) is 0 Å². The van der Waals surface area contributed by atoms with Crippen LogP contribution in [0.5, 0.6) is 5.75 Å². The number of rotatable bonds is 5. The molecule has 0 saturated carbocycles. The van der Waals surface area contributed by atoms with Crippen LogP contribution in [0.15, 0.2) is 60.9 Å². The molecule has 0 radical (unpaired) electrons. The van der Waals surface area contributed by atoms with Gasteiger partial charge in [0, 0.05) is 17.4 Å². The third kappa shape index (κ3) is 3.49. The molecule has 0 spiro atoms. The number of methoxy groups -OCH3 is 1. The number of hydrogen-bond acceptors (Lipinski definition) is 6. The molecule has 0 bridgehead atoms. The average Bonchev–Trinajstić information content (AvgIpc) is 2.59. The Morgan fingerprint density at radius 2 is 1.52 bits per heavy atom. The highest BCUT2D eigenvalue weighted by Gasteiger charge is 2.09. The minimum Gasteiger partial charge on any atom is -0.497 e. The molecule has 2 aromatic carbocycles. The van der Waals surface area contributed by atoms with Gasteiger partial charge in [-0.25, -0.2) is 9.97 Å². The Hall–Kier alpha value is -3.28. The number of nitrogens with one attached hydrogen (secondary N) is 2. The second-order valence-corrected chi connectivity index (χ2v) is 4.83. The molecule has 1 heterocycles. The van der Waals surface area contributed by atoms with Crippen molar-refractivity contribution < 1.29 is 4.74 Å². The Morgan fingerprint density at radius 3 is 2.22 bits per heavy atom. The van der Waals surface area contributed by atoms with Crippen LogP contribution in [0.4, 0.5) is 28.7 Å². The van der Waals surface area contributed by atoms with Gasteiger partial charge >= 0.3 is 0 Å². The van der Waals surface area contributed by atoms with Gasteiger partial charge in [0.25, 0.3) is 0 Å². The fourth-order valence-corrected chi connectivity index (χ4v) is 2.09. The largest absolute Gasteiger partial charge is 0.497 e. The van der Waals surface area contributed by atoms with Gasteiger partial charge in [0.2, 0.25) is 0 Å². The summed E-state index contributed by atoms with van der Waals surface area (Å²) < 4.78 is 5.21. The van der Waals surface area contributed by atoms with Gasteiger partial charge in [-0.2, -0.15) is 0 Å². The molecule has 0 aliphatic rings. The van der Waals surface area contributed by atoms with E-state index in [1.165, 1.54) is 6.33 Å². The first-order chi connectivity index (χ1) is 11.3. The second kappa shape index (κ2) is 6.65. The van der Waals surface area contributed by atoms with Gasteiger partial charge in [0.1, 0.15) is 17.8 Å². The van der Waals surface area contributed by atoms with E-state index in [-0.39, 0.29) is 0 Å².